The standard InChI is InChI=1S/C11H21NO4S/c1-11(2,3)9(10(13)14)12-17(15,16)8-6-4-5-7-8/h8-9,12H,4-7H2,1-3H3,(H,13,14)/t9-/m1/s1. The van der Waals surface area contributed by atoms with Gasteiger partial charge in [-0.25, -0.2) is 13.1 Å². The first-order valence-corrected chi connectivity index (χ1v) is 7.43. The van der Waals surface area contributed by atoms with Crippen LogP contribution >= 0.6 is 0 Å². The highest BCUT2D eigenvalue weighted by molar-refractivity contribution is 7.90. The minimum Gasteiger partial charge on any atom is -0.480 e. The number of sulfonamides is 1. The van der Waals surface area contributed by atoms with Crippen LogP contribution in [0.4, 0.5) is 0 Å². The van der Waals surface area contributed by atoms with Crippen molar-refractivity contribution in [3.8, 4) is 0 Å². The second-order valence-electron chi connectivity index (χ2n) is 5.71. The summed E-state index contributed by atoms with van der Waals surface area (Å²) in [5.74, 6) is -1.13. The maximum absolute atomic E-state index is 12.0. The van der Waals surface area contributed by atoms with Crippen LogP contribution in [0.2, 0.25) is 0 Å². The van der Waals surface area contributed by atoms with Gasteiger partial charge in [-0.05, 0) is 18.3 Å². The lowest BCUT2D eigenvalue weighted by molar-refractivity contribution is -0.141. The SMILES string of the molecule is CC(C)(C)[C@H](NS(=O)(=O)C1CCCC1)C(=O)O. The zero-order chi connectivity index (χ0) is 13.3. The quantitative estimate of drug-likeness (QED) is 0.802. The van der Waals surface area contributed by atoms with Gasteiger partial charge in [0.1, 0.15) is 6.04 Å². The molecule has 100 valence electrons. The Labute approximate surface area is 103 Å². The van der Waals surface area contributed by atoms with Gasteiger partial charge in [0.25, 0.3) is 0 Å². The van der Waals surface area contributed by atoms with Gasteiger partial charge in [0.15, 0.2) is 0 Å². The van der Waals surface area contributed by atoms with Crippen molar-refractivity contribution >= 4 is 16.0 Å². The average molecular weight is 263 g/mol. The summed E-state index contributed by atoms with van der Waals surface area (Å²) in [6.45, 7) is 5.13. The number of hydrogen-bond donors (Lipinski definition) is 2. The molecule has 0 spiro atoms. The zero-order valence-corrected chi connectivity index (χ0v) is 11.4. The third kappa shape index (κ3) is 3.67. The molecule has 0 aliphatic heterocycles. The van der Waals surface area contributed by atoms with Crippen LogP contribution in [0.5, 0.6) is 0 Å². The van der Waals surface area contributed by atoms with Crippen LogP contribution in [-0.4, -0.2) is 30.8 Å². The number of carboxylic acids is 1. The van der Waals surface area contributed by atoms with Crippen LogP contribution in [-0.2, 0) is 14.8 Å². The first-order chi connectivity index (χ1) is 7.64. The Bertz CT molecular complexity index is 377. The second-order valence-corrected chi connectivity index (χ2v) is 7.70. The number of carbonyl (C=O) groups is 1. The molecule has 1 aliphatic carbocycles. The fourth-order valence-electron chi connectivity index (χ4n) is 2.06. The van der Waals surface area contributed by atoms with E-state index >= 15 is 0 Å². The molecule has 0 radical (unpaired) electrons. The second kappa shape index (κ2) is 4.94. The molecular weight excluding hydrogens is 242 g/mol. The molecule has 0 aromatic rings. The Hall–Kier alpha value is -0.620. The van der Waals surface area contributed by atoms with Gasteiger partial charge < -0.3 is 5.11 Å². The summed E-state index contributed by atoms with van der Waals surface area (Å²) in [5.41, 5.74) is -0.641. The van der Waals surface area contributed by atoms with Gasteiger partial charge in [0, 0.05) is 0 Å². The molecule has 0 heterocycles. The van der Waals surface area contributed by atoms with Gasteiger partial charge in [-0.2, -0.15) is 0 Å². The van der Waals surface area contributed by atoms with Crippen LogP contribution in [0.1, 0.15) is 46.5 Å². The molecular formula is C11H21NO4S. The van der Waals surface area contributed by atoms with Crippen LogP contribution in [0.15, 0.2) is 0 Å². The summed E-state index contributed by atoms with van der Waals surface area (Å²) in [4.78, 5) is 11.1. The Morgan fingerprint density at radius 3 is 2.12 bits per heavy atom. The molecule has 6 heteroatoms. The van der Waals surface area contributed by atoms with Gasteiger partial charge in [-0.3, -0.25) is 4.79 Å². The van der Waals surface area contributed by atoms with Crippen molar-refractivity contribution in [2.45, 2.75) is 57.7 Å². The molecule has 1 saturated carbocycles. The van der Waals surface area contributed by atoms with E-state index in [4.69, 9.17) is 5.11 Å². The number of carboxylic acid groups (broad SMARTS) is 1. The number of hydrogen-bond acceptors (Lipinski definition) is 3. The lowest BCUT2D eigenvalue weighted by Crippen LogP contribution is -2.51. The van der Waals surface area contributed by atoms with E-state index in [0.717, 1.165) is 12.8 Å². The minimum absolute atomic E-state index is 0.424. The van der Waals surface area contributed by atoms with Crippen LogP contribution in [0.3, 0.4) is 0 Å². The monoisotopic (exact) mass is 263 g/mol. The predicted molar refractivity (Wildman–Crippen MR) is 65.2 cm³/mol. The number of aliphatic carboxylic acids is 1. The number of nitrogens with one attached hydrogen (secondary N) is 1. The summed E-state index contributed by atoms with van der Waals surface area (Å²) in [5, 5.41) is 8.66. The van der Waals surface area contributed by atoms with E-state index in [2.05, 4.69) is 4.72 Å². The van der Waals surface area contributed by atoms with E-state index in [0.29, 0.717) is 12.8 Å². The summed E-state index contributed by atoms with van der Waals surface area (Å²) in [6.07, 6.45) is 3.06. The Morgan fingerprint density at radius 2 is 1.76 bits per heavy atom. The van der Waals surface area contributed by atoms with Crippen LogP contribution < -0.4 is 4.72 Å². The molecule has 1 fully saturated rings. The lowest BCUT2D eigenvalue weighted by atomic mass is 9.88. The number of rotatable bonds is 4. The van der Waals surface area contributed by atoms with Crippen LogP contribution in [0, 0.1) is 5.41 Å². The topological polar surface area (TPSA) is 83.5 Å². The molecule has 1 rings (SSSR count). The summed E-state index contributed by atoms with van der Waals surface area (Å²) in [7, 11) is -3.52. The van der Waals surface area contributed by atoms with E-state index < -0.39 is 32.7 Å². The van der Waals surface area contributed by atoms with Crippen molar-refractivity contribution in [3.05, 3.63) is 0 Å². The van der Waals surface area contributed by atoms with Crippen molar-refractivity contribution in [1.82, 2.24) is 4.72 Å². The van der Waals surface area contributed by atoms with E-state index in [1.807, 2.05) is 0 Å². The van der Waals surface area contributed by atoms with Crippen molar-refractivity contribution in [3.63, 3.8) is 0 Å². The zero-order valence-electron chi connectivity index (χ0n) is 10.6. The van der Waals surface area contributed by atoms with Crippen molar-refractivity contribution in [1.29, 1.82) is 0 Å². The van der Waals surface area contributed by atoms with Crippen molar-refractivity contribution in [2.24, 2.45) is 5.41 Å². The molecule has 17 heavy (non-hydrogen) atoms. The molecule has 0 saturated heterocycles. The van der Waals surface area contributed by atoms with Crippen molar-refractivity contribution < 1.29 is 18.3 Å². The summed E-state index contributed by atoms with van der Waals surface area (Å²) < 4.78 is 26.4. The van der Waals surface area contributed by atoms with E-state index in [1.54, 1.807) is 20.8 Å². The largest absolute Gasteiger partial charge is 0.480 e. The third-order valence-electron chi connectivity index (χ3n) is 3.14. The van der Waals surface area contributed by atoms with E-state index in [-0.39, 0.29) is 0 Å². The Morgan fingerprint density at radius 1 is 1.29 bits per heavy atom. The minimum atomic E-state index is -3.52. The fourth-order valence-corrected chi connectivity index (χ4v) is 3.99. The first kappa shape index (κ1) is 14.4. The maximum atomic E-state index is 12.0. The molecule has 1 aliphatic rings. The lowest BCUT2D eigenvalue weighted by Gasteiger charge is -2.28. The third-order valence-corrected chi connectivity index (χ3v) is 5.05. The first-order valence-electron chi connectivity index (χ1n) is 5.88. The highest BCUT2D eigenvalue weighted by atomic mass is 32.2. The highest BCUT2D eigenvalue weighted by Gasteiger charge is 2.38. The van der Waals surface area contributed by atoms with Crippen LogP contribution in [0.25, 0.3) is 0 Å². The van der Waals surface area contributed by atoms with Gasteiger partial charge in [-0.15, -0.1) is 0 Å². The molecule has 0 bridgehead atoms. The summed E-state index contributed by atoms with van der Waals surface area (Å²) >= 11 is 0. The molecule has 0 aromatic heterocycles. The predicted octanol–water partition coefficient (Wildman–Crippen LogP) is 1.35. The summed E-state index contributed by atoms with van der Waals surface area (Å²) in [6, 6.07) is -1.08. The van der Waals surface area contributed by atoms with Gasteiger partial charge >= 0.3 is 5.97 Å². The molecule has 1 atom stereocenters. The maximum Gasteiger partial charge on any atom is 0.322 e. The molecule has 2 N–H and O–H groups in total. The van der Waals surface area contributed by atoms with Gasteiger partial charge in [0.05, 0.1) is 5.25 Å². The smallest absolute Gasteiger partial charge is 0.322 e. The normalized spacial score (nSPS) is 20.4. The fraction of sp³-hybridized carbons (Fsp3) is 0.909. The van der Waals surface area contributed by atoms with E-state index in [1.165, 1.54) is 0 Å². The molecule has 0 aromatic carbocycles. The molecule has 0 amide bonds. The highest BCUT2D eigenvalue weighted by Crippen LogP contribution is 2.26. The van der Waals surface area contributed by atoms with Crippen molar-refractivity contribution in [2.75, 3.05) is 0 Å². The Kier molecular flexibility index (Phi) is 4.19. The van der Waals surface area contributed by atoms with Gasteiger partial charge in [-0.1, -0.05) is 33.6 Å². The average Bonchev–Trinajstić information content (AvgIpc) is 2.65. The molecule has 5 nitrogen and oxygen atoms in total. The molecule has 0 unspecified atom stereocenters. The van der Waals surface area contributed by atoms with Gasteiger partial charge in [0.2, 0.25) is 10.0 Å². The van der Waals surface area contributed by atoms with E-state index in [9.17, 15) is 13.2 Å². The Balaban J connectivity index is 2.83.